The van der Waals surface area contributed by atoms with Crippen LogP contribution in [0.2, 0.25) is 0 Å². The second-order valence-corrected chi connectivity index (χ2v) is 11.5. The normalized spacial score (nSPS) is 15.8. The maximum atomic E-state index is 12.8. The van der Waals surface area contributed by atoms with E-state index in [1.54, 1.807) is 6.92 Å². The topological polar surface area (TPSA) is 183 Å². The number of rotatable bonds is 8. The number of guanidine groups is 1. The van der Waals surface area contributed by atoms with Crippen molar-refractivity contribution < 1.29 is 31.1 Å². The van der Waals surface area contributed by atoms with Gasteiger partial charge in [0.1, 0.15) is 16.4 Å². The molecule has 1 aliphatic heterocycles. The molecule has 35 heavy (non-hydrogen) atoms. The molecule has 1 saturated heterocycles. The van der Waals surface area contributed by atoms with E-state index in [2.05, 4.69) is 9.71 Å². The third-order valence-electron chi connectivity index (χ3n) is 5.10. The van der Waals surface area contributed by atoms with Gasteiger partial charge < -0.3 is 20.9 Å². The summed E-state index contributed by atoms with van der Waals surface area (Å²) in [4.78, 5) is 17.2. The van der Waals surface area contributed by atoms with Crippen LogP contribution in [0.3, 0.4) is 0 Å². The Morgan fingerprint density at radius 2 is 1.71 bits per heavy atom. The van der Waals surface area contributed by atoms with Gasteiger partial charge in [0.15, 0.2) is 15.8 Å². The first-order valence-electron chi connectivity index (χ1n) is 10.5. The average Bonchev–Trinajstić information content (AvgIpc) is 2.79. The summed E-state index contributed by atoms with van der Waals surface area (Å²) in [5.74, 6) is -1.13. The minimum atomic E-state index is -3.81. The van der Waals surface area contributed by atoms with E-state index >= 15 is 0 Å². The van der Waals surface area contributed by atoms with Crippen molar-refractivity contribution in [2.75, 3.05) is 32.6 Å². The zero-order valence-electron chi connectivity index (χ0n) is 19.2. The Labute approximate surface area is 203 Å². The fourth-order valence-electron chi connectivity index (χ4n) is 3.34. The van der Waals surface area contributed by atoms with Gasteiger partial charge in [0.25, 0.3) is 5.91 Å². The van der Waals surface area contributed by atoms with Crippen LogP contribution < -0.4 is 20.9 Å². The number of aliphatic imine (C=N–C) groups is 1. The van der Waals surface area contributed by atoms with E-state index in [9.17, 15) is 21.6 Å². The highest BCUT2D eigenvalue weighted by atomic mass is 32.2. The number of sulfonamides is 1. The molecule has 190 valence electrons. The molecule has 1 atom stereocenters. The van der Waals surface area contributed by atoms with E-state index in [0.29, 0.717) is 26.3 Å². The van der Waals surface area contributed by atoms with Gasteiger partial charge in [-0.15, -0.1) is 0 Å². The first-order chi connectivity index (χ1) is 16.4. The molecule has 2 aromatic rings. The summed E-state index contributed by atoms with van der Waals surface area (Å²) in [7, 11) is -7.61. The van der Waals surface area contributed by atoms with Crippen LogP contribution in [-0.2, 0) is 24.6 Å². The Bertz CT molecular complexity index is 1320. The number of carbonyl (C=O) groups is 1. The molecule has 14 heteroatoms. The van der Waals surface area contributed by atoms with Gasteiger partial charge in [-0.05, 0) is 49.4 Å². The molecule has 1 amide bonds. The van der Waals surface area contributed by atoms with Crippen LogP contribution in [0.4, 0.5) is 0 Å². The van der Waals surface area contributed by atoms with E-state index in [0.717, 1.165) is 12.3 Å². The van der Waals surface area contributed by atoms with Crippen molar-refractivity contribution in [1.29, 1.82) is 0 Å². The summed E-state index contributed by atoms with van der Waals surface area (Å²) in [6, 6.07) is 9.21. The number of amides is 1. The predicted octanol–water partition coefficient (Wildman–Crippen LogP) is 0.253. The fourth-order valence-corrected chi connectivity index (χ4v) is 5.39. The number of benzene rings is 2. The van der Waals surface area contributed by atoms with Gasteiger partial charge in [-0.25, -0.2) is 16.8 Å². The van der Waals surface area contributed by atoms with Crippen LogP contribution in [-0.4, -0.2) is 72.3 Å². The summed E-state index contributed by atoms with van der Waals surface area (Å²) in [5.41, 5.74) is 10.4. The van der Waals surface area contributed by atoms with Gasteiger partial charge in [0.2, 0.25) is 10.0 Å². The second kappa shape index (κ2) is 10.7. The van der Waals surface area contributed by atoms with E-state index in [1.807, 2.05) is 4.90 Å². The van der Waals surface area contributed by atoms with Gasteiger partial charge in [0.05, 0.1) is 24.3 Å². The number of nitrogens with one attached hydrogen (secondary N) is 1. The van der Waals surface area contributed by atoms with Crippen LogP contribution in [0, 0.1) is 0 Å². The van der Waals surface area contributed by atoms with Crippen LogP contribution in [0.15, 0.2) is 57.2 Å². The number of hydrogen-bond acceptors (Lipinski definition) is 8. The highest BCUT2D eigenvalue weighted by molar-refractivity contribution is 7.90. The zero-order chi connectivity index (χ0) is 25.8. The van der Waals surface area contributed by atoms with E-state index in [1.165, 1.54) is 36.4 Å². The van der Waals surface area contributed by atoms with Crippen molar-refractivity contribution in [2.45, 2.75) is 22.9 Å². The molecule has 0 bridgehead atoms. The SMILES string of the molecule is CC(NS(=O)(=O)c1ccc(Oc2ccc(C(=O)N=C(N)N)cc2S(C)(=O)=O)cc1)N1CCOCC1. The largest absolute Gasteiger partial charge is 0.456 e. The fraction of sp³-hybridized carbons (Fsp3) is 0.333. The van der Waals surface area contributed by atoms with E-state index < -0.39 is 37.9 Å². The molecule has 1 fully saturated rings. The van der Waals surface area contributed by atoms with Gasteiger partial charge >= 0.3 is 0 Å². The summed E-state index contributed by atoms with van der Waals surface area (Å²) < 4.78 is 63.7. The molecule has 1 heterocycles. The first-order valence-corrected chi connectivity index (χ1v) is 13.8. The molecule has 1 unspecified atom stereocenters. The lowest BCUT2D eigenvalue weighted by molar-refractivity contribution is 0.0181. The lowest BCUT2D eigenvalue weighted by atomic mass is 10.2. The smallest absolute Gasteiger partial charge is 0.280 e. The number of hydrogen-bond donors (Lipinski definition) is 3. The Kier molecular flexibility index (Phi) is 8.12. The molecule has 5 N–H and O–H groups in total. The third kappa shape index (κ3) is 6.99. The number of sulfone groups is 1. The van der Waals surface area contributed by atoms with Crippen LogP contribution in [0.25, 0.3) is 0 Å². The number of nitrogens with zero attached hydrogens (tertiary/aromatic N) is 2. The predicted molar refractivity (Wildman–Crippen MR) is 128 cm³/mol. The molecule has 1 aliphatic rings. The maximum absolute atomic E-state index is 12.8. The van der Waals surface area contributed by atoms with Crippen LogP contribution >= 0.6 is 0 Å². The highest BCUT2D eigenvalue weighted by Crippen LogP contribution is 2.30. The van der Waals surface area contributed by atoms with E-state index in [-0.39, 0.29) is 26.9 Å². The Balaban J connectivity index is 1.80. The molecule has 2 aromatic carbocycles. The molecule has 0 saturated carbocycles. The van der Waals surface area contributed by atoms with Crippen molar-refractivity contribution in [1.82, 2.24) is 9.62 Å². The van der Waals surface area contributed by atoms with Gasteiger partial charge in [-0.1, -0.05) is 0 Å². The minimum Gasteiger partial charge on any atom is -0.456 e. The van der Waals surface area contributed by atoms with E-state index in [4.69, 9.17) is 20.9 Å². The van der Waals surface area contributed by atoms with Crippen molar-refractivity contribution in [3.63, 3.8) is 0 Å². The maximum Gasteiger partial charge on any atom is 0.280 e. The summed E-state index contributed by atoms with van der Waals surface area (Å²) in [6.45, 7) is 4.08. The number of morpholine rings is 1. The Morgan fingerprint density at radius 1 is 1.09 bits per heavy atom. The minimum absolute atomic E-state index is 0.0199. The zero-order valence-corrected chi connectivity index (χ0v) is 20.8. The number of nitrogens with two attached hydrogens (primary N) is 2. The molecule has 0 radical (unpaired) electrons. The van der Waals surface area contributed by atoms with Crippen LogP contribution in [0.5, 0.6) is 11.5 Å². The Hall–Kier alpha value is -3.04. The lowest BCUT2D eigenvalue weighted by Crippen LogP contribution is -2.50. The lowest BCUT2D eigenvalue weighted by Gasteiger charge is -2.32. The molecule has 0 spiro atoms. The number of carbonyl (C=O) groups excluding carboxylic acids is 1. The molecule has 12 nitrogen and oxygen atoms in total. The molecular formula is C21H27N5O7S2. The van der Waals surface area contributed by atoms with Gasteiger partial charge in [0, 0.05) is 24.9 Å². The standard InChI is InChI=1S/C21H27N5O7S2/c1-14(26-9-11-32-12-10-26)25-35(30,31)17-6-4-16(5-7-17)33-18-8-3-15(20(27)24-21(22)23)13-19(18)34(2,28)29/h3-8,13-14,25H,9-12H2,1-2H3,(H4,22,23,24,27). The number of ether oxygens (including phenoxy) is 2. The van der Waals surface area contributed by atoms with Crippen molar-refractivity contribution >= 4 is 31.7 Å². The van der Waals surface area contributed by atoms with Crippen LogP contribution in [0.1, 0.15) is 17.3 Å². The molecule has 3 rings (SSSR count). The quantitative estimate of drug-likeness (QED) is 0.319. The van der Waals surface area contributed by atoms with Crippen molar-refractivity contribution in [3.8, 4) is 11.5 Å². The molecule has 0 aliphatic carbocycles. The first kappa shape index (κ1) is 26.6. The van der Waals surface area contributed by atoms with Gasteiger partial charge in [-0.2, -0.15) is 9.71 Å². The summed E-state index contributed by atoms with van der Waals surface area (Å²) in [6.07, 6.45) is 0.540. The van der Waals surface area contributed by atoms with Gasteiger partial charge in [-0.3, -0.25) is 9.69 Å². The molecular weight excluding hydrogens is 498 g/mol. The van der Waals surface area contributed by atoms with Crippen molar-refractivity contribution in [3.05, 3.63) is 48.0 Å². The third-order valence-corrected chi connectivity index (χ3v) is 7.76. The average molecular weight is 526 g/mol. The molecule has 0 aromatic heterocycles. The summed E-state index contributed by atoms with van der Waals surface area (Å²) >= 11 is 0. The Morgan fingerprint density at radius 3 is 2.29 bits per heavy atom. The second-order valence-electron chi connectivity index (χ2n) is 7.79. The monoisotopic (exact) mass is 525 g/mol. The van der Waals surface area contributed by atoms with Crippen molar-refractivity contribution in [2.24, 2.45) is 16.5 Å². The summed E-state index contributed by atoms with van der Waals surface area (Å²) in [5, 5.41) is 0. The highest BCUT2D eigenvalue weighted by Gasteiger charge is 2.24.